The highest BCUT2D eigenvalue weighted by Gasteiger charge is 2.13. The molecule has 3 rings (SSSR count). The first kappa shape index (κ1) is 15.8. The number of thiophene rings is 1. The molecule has 0 saturated carbocycles. The second-order valence-corrected chi connectivity index (χ2v) is 5.66. The molecule has 1 amide bonds. The minimum atomic E-state index is -0.606. The summed E-state index contributed by atoms with van der Waals surface area (Å²) < 4.78 is 1.22. The van der Waals surface area contributed by atoms with E-state index < -0.39 is 4.92 Å². The average molecular weight is 347 g/mol. The van der Waals surface area contributed by atoms with Crippen molar-refractivity contribution < 1.29 is 9.72 Å². The molecule has 3 aromatic rings. The highest BCUT2D eigenvalue weighted by atomic mass is 32.1. The molecule has 0 fully saturated rings. The summed E-state index contributed by atoms with van der Waals surface area (Å²) in [6.07, 6.45) is 2.88. The van der Waals surface area contributed by atoms with E-state index in [0.29, 0.717) is 13.1 Å². The van der Waals surface area contributed by atoms with Crippen LogP contribution in [0, 0.1) is 10.1 Å². The summed E-state index contributed by atoms with van der Waals surface area (Å²) >= 11 is 1.53. The molecular weight excluding hydrogens is 334 g/mol. The third-order valence-corrected chi connectivity index (χ3v) is 3.94. The van der Waals surface area contributed by atoms with Gasteiger partial charge in [0.1, 0.15) is 23.5 Å². The average Bonchev–Trinajstić information content (AvgIpc) is 3.20. The van der Waals surface area contributed by atoms with Gasteiger partial charge in [0.05, 0.1) is 22.7 Å². The van der Waals surface area contributed by atoms with Crippen molar-refractivity contribution in [2.75, 3.05) is 18.4 Å². The van der Waals surface area contributed by atoms with E-state index in [4.69, 9.17) is 0 Å². The van der Waals surface area contributed by atoms with Gasteiger partial charge in [0.25, 0.3) is 0 Å². The molecule has 0 saturated heterocycles. The van der Waals surface area contributed by atoms with Crippen LogP contribution in [0.25, 0.3) is 10.2 Å². The topological polar surface area (TPSA) is 128 Å². The van der Waals surface area contributed by atoms with E-state index in [1.54, 1.807) is 0 Å². The van der Waals surface area contributed by atoms with Crippen LogP contribution in [0.4, 0.5) is 11.6 Å². The van der Waals surface area contributed by atoms with Crippen molar-refractivity contribution in [2.45, 2.75) is 6.54 Å². The summed E-state index contributed by atoms with van der Waals surface area (Å²) in [5.41, 5.74) is 0. The molecule has 0 bridgehead atoms. The molecule has 3 aromatic heterocycles. The van der Waals surface area contributed by atoms with Crippen LogP contribution >= 0.6 is 11.3 Å². The first-order valence-corrected chi connectivity index (χ1v) is 7.88. The molecule has 3 heterocycles. The normalized spacial score (nSPS) is 10.7. The summed E-state index contributed by atoms with van der Waals surface area (Å²) in [6, 6.07) is 3.18. The minimum absolute atomic E-state index is 0.0733. The molecule has 10 nitrogen and oxygen atoms in total. The van der Waals surface area contributed by atoms with E-state index in [-0.39, 0.29) is 18.3 Å². The van der Waals surface area contributed by atoms with Crippen LogP contribution in [-0.4, -0.2) is 43.7 Å². The smallest absolute Gasteiger partial charge is 0.368 e. The Balaban J connectivity index is 1.45. The molecule has 0 aliphatic rings. The Labute approximate surface area is 139 Å². The molecule has 0 atom stereocenters. The number of carbonyl (C=O) groups excluding carboxylic acids is 1. The molecule has 0 aliphatic heterocycles. The molecule has 24 heavy (non-hydrogen) atoms. The van der Waals surface area contributed by atoms with Crippen LogP contribution in [0.2, 0.25) is 0 Å². The molecule has 0 radical (unpaired) electrons. The van der Waals surface area contributed by atoms with E-state index in [0.717, 1.165) is 16.0 Å². The van der Waals surface area contributed by atoms with Gasteiger partial charge in [-0.2, -0.15) is 4.68 Å². The number of aromatic nitrogens is 4. The maximum atomic E-state index is 11.8. The summed E-state index contributed by atoms with van der Waals surface area (Å²) in [4.78, 5) is 30.9. The maximum Gasteiger partial charge on any atom is 0.389 e. The van der Waals surface area contributed by atoms with Gasteiger partial charge in [-0.3, -0.25) is 4.79 Å². The molecular formula is C13H13N7O3S. The lowest BCUT2D eigenvalue weighted by Gasteiger charge is -2.07. The number of amides is 1. The van der Waals surface area contributed by atoms with Gasteiger partial charge in [0.2, 0.25) is 5.91 Å². The second kappa shape index (κ2) is 7.00. The van der Waals surface area contributed by atoms with Crippen LogP contribution in [-0.2, 0) is 11.3 Å². The van der Waals surface area contributed by atoms with Crippen LogP contribution < -0.4 is 10.6 Å². The molecule has 0 spiro atoms. The van der Waals surface area contributed by atoms with Crippen LogP contribution in [0.1, 0.15) is 0 Å². The quantitative estimate of drug-likeness (QED) is 0.371. The maximum absolute atomic E-state index is 11.8. The zero-order valence-corrected chi connectivity index (χ0v) is 13.2. The first-order valence-electron chi connectivity index (χ1n) is 7.00. The van der Waals surface area contributed by atoms with Crippen LogP contribution in [0.15, 0.2) is 30.0 Å². The Morgan fingerprint density at radius 1 is 1.33 bits per heavy atom. The van der Waals surface area contributed by atoms with Crippen molar-refractivity contribution in [3.63, 3.8) is 0 Å². The summed E-state index contributed by atoms with van der Waals surface area (Å²) in [7, 11) is 0. The fraction of sp³-hybridized carbons (Fsp3) is 0.231. The predicted octanol–water partition coefficient (Wildman–Crippen LogP) is 1.02. The summed E-state index contributed by atoms with van der Waals surface area (Å²) in [6.45, 7) is 0.806. The van der Waals surface area contributed by atoms with Gasteiger partial charge in [0, 0.05) is 13.1 Å². The highest BCUT2D eigenvalue weighted by molar-refractivity contribution is 7.16. The van der Waals surface area contributed by atoms with Gasteiger partial charge < -0.3 is 20.7 Å². The van der Waals surface area contributed by atoms with Gasteiger partial charge in [-0.05, 0) is 16.4 Å². The molecule has 0 unspecified atom stereocenters. The molecule has 0 aliphatic carbocycles. The lowest BCUT2D eigenvalue weighted by molar-refractivity contribution is -0.389. The lowest BCUT2D eigenvalue weighted by Crippen LogP contribution is -2.31. The third kappa shape index (κ3) is 3.63. The Hall–Kier alpha value is -3.08. The molecule has 124 valence electrons. The zero-order valence-electron chi connectivity index (χ0n) is 12.4. The van der Waals surface area contributed by atoms with Crippen molar-refractivity contribution in [1.29, 1.82) is 0 Å². The number of carbonyl (C=O) groups is 1. The number of hydrogen-bond acceptors (Lipinski definition) is 8. The van der Waals surface area contributed by atoms with Gasteiger partial charge in [-0.25, -0.2) is 9.97 Å². The van der Waals surface area contributed by atoms with E-state index in [1.807, 2.05) is 11.4 Å². The van der Waals surface area contributed by atoms with Crippen molar-refractivity contribution >= 4 is 39.1 Å². The third-order valence-electron chi connectivity index (χ3n) is 3.12. The number of nitro groups is 1. The number of nitrogens with one attached hydrogen (secondary N) is 2. The van der Waals surface area contributed by atoms with Crippen LogP contribution in [0.5, 0.6) is 0 Å². The van der Waals surface area contributed by atoms with Crippen LogP contribution in [0.3, 0.4) is 0 Å². The van der Waals surface area contributed by atoms with Gasteiger partial charge >= 0.3 is 5.82 Å². The molecule has 2 N–H and O–H groups in total. The Morgan fingerprint density at radius 3 is 3.00 bits per heavy atom. The largest absolute Gasteiger partial charge is 0.389 e. The fourth-order valence-corrected chi connectivity index (χ4v) is 2.79. The van der Waals surface area contributed by atoms with E-state index in [9.17, 15) is 14.9 Å². The Morgan fingerprint density at radius 2 is 2.21 bits per heavy atom. The SMILES string of the molecule is O=C(Cn1ccc([N+](=O)[O-])n1)NCCNc1ncnc2sccc12. The number of anilines is 1. The van der Waals surface area contributed by atoms with Gasteiger partial charge in [-0.15, -0.1) is 11.3 Å². The van der Waals surface area contributed by atoms with Crippen molar-refractivity contribution in [2.24, 2.45) is 0 Å². The number of rotatable bonds is 7. The Bertz CT molecular complexity index is 875. The van der Waals surface area contributed by atoms with Crippen molar-refractivity contribution in [3.8, 4) is 0 Å². The predicted molar refractivity (Wildman–Crippen MR) is 87.8 cm³/mol. The number of hydrogen-bond donors (Lipinski definition) is 2. The standard InChI is InChI=1S/C13H13N7O3S/c21-11(7-19-5-1-10(18-19)20(22)23)14-3-4-15-12-9-2-6-24-13(9)17-8-16-12/h1-2,5-6,8H,3-4,7H2,(H,14,21)(H,15,16,17). The number of fused-ring (bicyclic) bond motifs is 1. The first-order chi connectivity index (χ1) is 11.6. The Kier molecular flexibility index (Phi) is 4.61. The van der Waals surface area contributed by atoms with E-state index >= 15 is 0 Å². The fourth-order valence-electron chi connectivity index (χ4n) is 2.05. The highest BCUT2D eigenvalue weighted by Crippen LogP contribution is 2.23. The summed E-state index contributed by atoms with van der Waals surface area (Å²) in [5, 5.41) is 22.9. The van der Waals surface area contributed by atoms with Gasteiger partial charge in [-0.1, -0.05) is 0 Å². The van der Waals surface area contributed by atoms with Crippen molar-refractivity contribution in [1.82, 2.24) is 25.1 Å². The minimum Gasteiger partial charge on any atom is -0.368 e. The molecule has 11 heteroatoms. The molecule has 0 aromatic carbocycles. The number of nitrogens with zero attached hydrogens (tertiary/aromatic N) is 5. The second-order valence-electron chi connectivity index (χ2n) is 4.77. The summed E-state index contributed by atoms with van der Waals surface area (Å²) in [5.74, 6) is 0.157. The zero-order chi connectivity index (χ0) is 16.9. The monoisotopic (exact) mass is 347 g/mol. The lowest BCUT2D eigenvalue weighted by atomic mass is 10.4. The van der Waals surface area contributed by atoms with Gasteiger partial charge in [0.15, 0.2) is 0 Å². The van der Waals surface area contributed by atoms with E-state index in [1.165, 1.54) is 34.6 Å². The van der Waals surface area contributed by atoms with E-state index in [2.05, 4.69) is 25.7 Å². The van der Waals surface area contributed by atoms with Crippen molar-refractivity contribution in [3.05, 3.63) is 40.2 Å².